The van der Waals surface area contributed by atoms with Crippen molar-refractivity contribution in [3.63, 3.8) is 0 Å². The number of carbonyl (C=O) groups excluding carboxylic acids is 1. The molecule has 0 bridgehead atoms. The molecule has 0 unspecified atom stereocenters. The van der Waals surface area contributed by atoms with Crippen LogP contribution in [0.5, 0.6) is 0 Å². The van der Waals surface area contributed by atoms with Crippen LogP contribution in [0.15, 0.2) is 24.3 Å². The summed E-state index contributed by atoms with van der Waals surface area (Å²) in [7, 11) is 1.76. The predicted octanol–water partition coefficient (Wildman–Crippen LogP) is 3.84. The molecule has 0 aromatic heterocycles. The van der Waals surface area contributed by atoms with E-state index in [4.69, 9.17) is 27.9 Å². The van der Waals surface area contributed by atoms with Gasteiger partial charge in [-0.05, 0) is 25.1 Å². The van der Waals surface area contributed by atoms with Crippen molar-refractivity contribution in [2.45, 2.75) is 19.4 Å². The predicted molar refractivity (Wildman–Crippen MR) is 69.7 cm³/mol. The van der Waals surface area contributed by atoms with Gasteiger partial charge in [-0.25, -0.2) is 4.79 Å². The van der Waals surface area contributed by atoms with Gasteiger partial charge in [0.05, 0.1) is 6.61 Å². The van der Waals surface area contributed by atoms with Gasteiger partial charge < -0.3 is 9.64 Å². The zero-order valence-electron chi connectivity index (χ0n) is 9.82. The zero-order chi connectivity index (χ0) is 12.8. The van der Waals surface area contributed by atoms with E-state index in [9.17, 15) is 4.79 Å². The number of ether oxygens (including phenoxy) is 1. The average Bonchev–Trinajstić information content (AvgIpc) is 2.26. The number of carbonyl (C=O) groups is 1. The topological polar surface area (TPSA) is 29.5 Å². The lowest BCUT2D eigenvalue weighted by atomic mass is 10.2. The minimum atomic E-state index is -0.200. The maximum absolute atomic E-state index is 10.7. The van der Waals surface area contributed by atoms with E-state index in [-0.39, 0.29) is 6.09 Å². The molecule has 5 heteroatoms. The van der Waals surface area contributed by atoms with Gasteiger partial charge in [0.2, 0.25) is 0 Å². The van der Waals surface area contributed by atoms with Crippen molar-refractivity contribution in [2.75, 3.05) is 13.7 Å². The number of rotatable bonds is 0. The minimum Gasteiger partial charge on any atom is -0.449 e. The fraction of sp³-hybridized carbons (Fsp3) is 0.417. The molecule has 2 rings (SSSR count). The van der Waals surface area contributed by atoms with Crippen LogP contribution in [0.1, 0.15) is 13.3 Å². The quantitative estimate of drug-likeness (QED) is 0.720. The van der Waals surface area contributed by atoms with Crippen molar-refractivity contribution in [3.8, 4) is 0 Å². The first-order chi connectivity index (χ1) is 8.00. The Hall–Kier alpha value is -0.930. The molecule has 0 aliphatic carbocycles. The second-order valence-corrected chi connectivity index (χ2v) is 4.68. The van der Waals surface area contributed by atoms with Crippen LogP contribution in [0, 0.1) is 0 Å². The Morgan fingerprint density at radius 2 is 1.94 bits per heavy atom. The largest absolute Gasteiger partial charge is 0.449 e. The molecule has 1 heterocycles. The summed E-state index contributed by atoms with van der Waals surface area (Å²) in [6.07, 6.45) is 0.746. The summed E-state index contributed by atoms with van der Waals surface area (Å²) in [5.74, 6) is 0. The molecule has 0 spiro atoms. The van der Waals surface area contributed by atoms with Crippen molar-refractivity contribution in [2.24, 2.45) is 0 Å². The molecule has 1 fully saturated rings. The molecule has 94 valence electrons. The minimum absolute atomic E-state index is 0.200. The van der Waals surface area contributed by atoms with E-state index in [0.29, 0.717) is 22.7 Å². The Bertz CT molecular complexity index is 367. The summed E-state index contributed by atoms with van der Waals surface area (Å²) in [5, 5.41) is 1.36. The molecular formula is C12H15Cl2NO2. The van der Waals surface area contributed by atoms with Gasteiger partial charge in [-0.15, -0.1) is 0 Å². The Balaban J connectivity index is 0.000000171. The first kappa shape index (κ1) is 14.1. The third-order valence-corrected chi connectivity index (χ3v) is 2.97. The smallest absolute Gasteiger partial charge is 0.409 e. The SMILES string of the molecule is C[C@@H]1CCOC(=O)N1C.Clc1cccc(Cl)c1. The van der Waals surface area contributed by atoms with E-state index in [2.05, 4.69) is 0 Å². The van der Waals surface area contributed by atoms with Crippen molar-refractivity contribution in [1.82, 2.24) is 4.90 Å². The van der Waals surface area contributed by atoms with Crippen LogP contribution in [0.3, 0.4) is 0 Å². The van der Waals surface area contributed by atoms with E-state index >= 15 is 0 Å². The Labute approximate surface area is 111 Å². The van der Waals surface area contributed by atoms with Crippen LogP contribution in [0.2, 0.25) is 10.0 Å². The van der Waals surface area contributed by atoms with Gasteiger partial charge in [-0.1, -0.05) is 29.3 Å². The van der Waals surface area contributed by atoms with Crippen LogP contribution >= 0.6 is 23.2 Å². The molecule has 1 aromatic rings. The van der Waals surface area contributed by atoms with E-state index in [0.717, 1.165) is 6.42 Å². The lowest BCUT2D eigenvalue weighted by molar-refractivity contribution is 0.0610. The van der Waals surface area contributed by atoms with Gasteiger partial charge in [-0.3, -0.25) is 0 Å². The van der Waals surface area contributed by atoms with E-state index in [1.807, 2.05) is 13.0 Å². The third-order valence-electron chi connectivity index (χ3n) is 2.50. The second kappa shape index (κ2) is 6.72. The fourth-order valence-electron chi connectivity index (χ4n) is 1.25. The monoisotopic (exact) mass is 275 g/mol. The molecular weight excluding hydrogens is 261 g/mol. The van der Waals surface area contributed by atoms with Crippen LogP contribution in [-0.2, 0) is 4.74 Å². The number of amides is 1. The Morgan fingerprint density at radius 3 is 2.29 bits per heavy atom. The fourth-order valence-corrected chi connectivity index (χ4v) is 1.69. The Morgan fingerprint density at radius 1 is 1.35 bits per heavy atom. The summed E-state index contributed by atoms with van der Waals surface area (Å²) >= 11 is 11.1. The van der Waals surface area contributed by atoms with Gasteiger partial charge in [0.15, 0.2) is 0 Å². The highest BCUT2D eigenvalue weighted by molar-refractivity contribution is 6.34. The third kappa shape index (κ3) is 4.84. The molecule has 17 heavy (non-hydrogen) atoms. The van der Waals surface area contributed by atoms with Crippen LogP contribution < -0.4 is 0 Å². The Kier molecular flexibility index (Phi) is 5.59. The maximum atomic E-state index is 10.7. The first-order valence-electron chi connectivity index (χ1n) is 5.31. The number of hydrogen-bond donors (Lipinski definition) is 0. The van der Waals surface area contributed by atoms with E-state index < -0.39 is 0 Å². The lowest BCUT2D eigenvalue weighted by Crippen LogP contribution is -2.40. The summed E-state index contributed by atoms with van der Waals surface area (Å²) in [5.41, 5.74) is 0. The highest BCUT2D eigenvalue weighted by atomic mass is 35.5. The molecule has 0 radical (unpaired) electrons. The maximum Gasteiger partial charge on any atom is 0.409 e. The molecule has 1 aliphatic rings. The molecule has 0 N–H and O–H groups in total. The van der Waals surface area contributed by atoms with E-state index in [1.54, 1.807) is 30.1 Å². The molecule has 1 amide bonds. The van der Waals surface area contributed by atoms with Gasteiger partial charge in [0.1, 0.15) is 0 Å². The lowest BCUT2D eigenvalue weighted by Gasteiger charge is -2.28. The second-order valence-electron chi connectivity index (χ2n) is 3.80. The highest BCUT2D eigenvalue weighted by Gasteiger charge is 2.21. The van der Waals surface area contributed by atoms with Crippen LogP contribution in [-0.4, -0.2) is 30.7 Å². The molecule has 1 saturated heterocycles. The highest BCUT2D eigenvalue weighted by Crippen LogP contribution is 2.14. The van der Waals surface area contributed by atoms with Crippen LogP contribution in [0.25, 0.3) is 0 Å². The number of cyclic esters (lactones) is 1. The number of benzene rings is 1. The van der Waals surface area contributed by atoms with E-state index in [1.165, 1.54) is 0 Å². The van der Waals surface area contributed by atoms with Crippen molar-refractivity contribution < 1.29 is 9.53 Å². The van der Waals surface area contributed by atoms with Crippen molar-refractivity contribution >= 4 is 29.3 Å². The normalized spacial score (nSPS) is 19.2. The summed E-state index contributed by atoms with van der Waals surface area (Å²) < 4.78 is 4.75. The standard InChI is InChI=1S/C6H4Cl2.C6H11NO2/c7-5-2-1-3-6(8)4-5;1-5-3-4-9-6(8)7(5)2/h1-4H;5H,3-4H2,1-2H3/t;5-/m.1/s1. The van der Waals surface area contributed by atoms with Gasteiger partial charge in [-0.2, -0.15) is 0 Å². The molecule has 1 aliphatic heterocycles. The van der Waals surface area contributed by atoms with Crippen molar-refractivity contribution in [1.29, 1.82) is 0 Å². The summed E-state index contributed by atoms with van der Waals surface area (Å²) in [4.78, 5) is 12.3. The molecule has 1 atom stereocenters. The summed E-state index contributed by atoms with van der Waals surface area (Å²) in [6.45, 7) is 2.59. The molecule has 0 saturated carbocycles. The zero-order valence-corrected chi connectivity index (χ0v) is 11.3. The number of halogens is 2. The molecule has 1 aromatic carbocycles. The number of nitrogens with zero attached hydrogens (tertiary/aromatic N) is 1. The summed E-state index contributed by atoms with van der Waals surface area (Å²) in [6, 6.07) is 7.42. The number of hydrogen-bond acceptors (Lipinski definition) is 2. The van der Waals surface area contributed by atoms with Crippen LogP contribution in [0.4, 0.5) is 4.79 Å². The molecule has 3 nitrogen and oxygen atoms in total. The van der Waals surface area contributed by atoms with Crippen molar-refractivity contribution in [3.05, 3.63) is 34.3 Å². The average molecular weight is 276 g/mol. The first-order valence-corrected chi connectivity index (χ1v) is 6.07. The van der Waals surface area contributed by atoms with Gasteiger partial charge in [0.25, 0.3) is 0 Å². The van der Waals surface area contributed by atoms with Gasteiger partial charge in [0, 0.05) is 29.6 Å². The van der Waals surface area contributed by atoms with Gasteiger partial charge >= 0.3 is 6.09 Å².